The maximum absolute atomic E-state index is 10.0. The van der Waals surface area contributed by atoms with Crippen molar-refractivity contribution in [2.24, 2.45) is 5.29 Å². The van der Waals surface area contributed by atoms with Gasteiger partial charge in [0, 0.05) is 7.05 Å². The van der Waals surface area contributed by atoms with Crippen LogP contribution in [0.1, 0.15) is 0 Å². The molecule has 0 aliphatic heterocycles. The number of hydrogen-bond acceptors (Lipinski definition) is 4. The van der Waals surface area contributed by atoms with Crippen LogP contribution < -0.4 is 0 Å². The van der Waals surface area contributed by atoms with Gasteiger partial charge in [-0.3, -0.25) is 9.53 Å². The molecule has 8 heteroatoms. The Balaban J connectivity index is 3.42. The van der Waals surface area contributed by atoms with Crippen LogP contribution >= 0.6 is 7.82 Å². The molecule has 0 radical (unpaired) electrons. The molecule has 0 aromatic rings. The molecule has 0 heterocycles. The second-order valence-corrected chi connectivity index (χ2v) is 3.03. The molecule has 0 saturated carbocycles. The van der Waals surface area contributed by atoms with Gasteiger partial charge in [-0.25, -0.2) is 4.57 Å². The molecular formula is C3H9N2O5P. The molecule has 0 unspecified atom stereocenters. The zero-order chi connectivity index (χ0) is 8.91. The van der Waals surface area contributed by atoms with E-state index in [0.29, 0.717) is 0 Å². The van der Waals surface area contributed by atoms with Crippen LogP contribution in [0, 0.1) is 4.91 Å². The summed E-state index contributed by atoms with van der Waals surface area (Å²) in [6.07, 6.45) is 0. The van der Waals surface area contributed by atoms with Gasteiger partial charge in [0.15, 0.2) is 0 Å². The fourth-order valence-corrected chi connectivity index (χ4v) is 0.652. The van der Waals surface area contributed by atoms with E-state index < -0.39 is 7.82 Å². The second-order valence-electron chi connectivity index (χ2n) is 1.79. The van der Waals surface area contributed by atoms with E-state index in [-0.39, 0.29) is 13.2 Å². The molecule has 11 heavy (non-hydrogen) atoms. The Labute approximate surface area is 63.1 Å². The Morgan fingerprint density at radius 3 is 2.55 bits per heavy atom. The topological polar surface area (TPSA) is 99.4 Å². The van der Waals surface area contributed by atoms with E-state index in [4.69, 9.17) is 9.79 Å². The van der Waals surface area contributed by atoms with Crippen LogP contribution in [0.2, 0.25) is 0 Å². The first-order valence-corrected chi connectivity index (χ1v) is 4.23. The van der Waals surface area contributed by atoms with E-state index >= 15 is 0 Å². The van der Waals surface area contributed by atoms with Crippen LogP contribution in [0.25, 0.3) is 0 Å². The van der Waals surface area contributed by atoms with Gasteiger partial charge in [-0.1, -0.05) is 0 Å². The fraction of sp³-hybridized carbons (Fsp3) is 1.00. The summed E-state index contributed by atoms with van der Waals surface area (Å²) in [6.45, 7) is -0.179. The third kappa shape index (κ3) is 7.41. The van der Waals surface area contributed by atoms with Gasteiger partial charge < -0.3 is 9.79 Å². The first kappa shape index (κ1) is 10.5. The number of nitroso groups, excluding NO2 is 1. The van der Waals surface area contributed by atoms with Crippen LogP contribution in [0.4, 0.5) is 0 Å². The number of hydrogen-bond donors (Lipinski definition) is 2. The quantitative estimate of drug-likeness (QED) is 0.346. The van der Waals surface area contributed by atoms with Gasteiger partial charge in [-0.15, -0.1) is 4.91 Å². The molecule has 0 spiro atoms. The highest BCUT2D eigenvalue weighted by molar-refractivity contribution is 7.46. The number of rotatable bonds is 5. The summed E-state index contributed by atoms with van der Waals surface area (Å²) >= 11 is 0. The molecule has 0 bridgehead atoms. The van der Waals surface area contributed by atoms with Crippen molar-refractivity contribution in [3.63, 3.8) is 0 Å². The third-order valence-electron chi connectivity index (χ3n) is 0.814. The van der Waals surface area contributed by atoms with E-state index in [1.807, 2.05) is 0 Å². The molecule has 0 aliphatic carbocycles. The second kappa shape index (κ2) is 4.40. The minimum absolute atomic E-state index is 0.0502. The van der Waals surface area contributed by atoms with Crippen LogP contribution in [-0.2, 0) is 9.09 Å². The molecule has 0 saturated heterocycles. The number of phosphoric ester groups is 1. The minimum atomic E-state index is -4.40. The maximum atomic E-state index is 10.0. The van der Waals surface area contributed by atoms with Crippen molar-refractivity contribution >= 4 is 7.82 Å². The van der Waals surface area contributed by atoms with Crippen molar-refractivity contribution in [2.75, 3.05) is 20.2 Å². The Morgan fingerprint density at radius 2 is 2.18 bits per heavy atom. The lowest BCUT2D eigenvalue weighted by molar-refractivity contribution is 0.173. The van der Waals surface area contributed by atoms with Gasteiger partial charge in [-0.2, -0.15) is 0 Å². The van der Waals surface area contributed by atoms with E-state index in [2.05, 4.69) is 9.81 Å². The molecular weight excluding hydrogens is 175 g/mol. The largest absolute Gasteiger partial charge is 0.469 e. The van der Waals surface area contributed by atoms with E-state index in [1.165, 1.54) is 7.05 Å². The SMILES string of the molecule is CN(CCOP(=O)(O)O)N=O. The van der Waals surface area contributed by atoms with Crippen LogP contribution in [0.15, 0.2) is 5.29 Å². The highest BCUT2D eigenvalue weighted by atomic mass is 31.2. The highest BCUT2D eigenvalue weighted by Crippen LogP contribution is 2.35. The fourth-order valence-electron chi connectivity index (χ4n) is 0.333. The number of likely N-dealkylation sites (N-methyl/N-ethyl adjacent to an activating group) is 1. The average molecular weight is 184 g/mol. The predicted molar refractivity (Wildman–Crippen MR) is 36.4 cm³/mol. The molecule has 2 N–H and O–H groups in total. The Hall–Kier alpha value is -0.490. The Morgan fingerprint density at radius 1 is 1.64 bits per heavy atom. The predicted octanol–water partition coefficient (Wildman–Crippen LogP) is -0.291. The standard InChI is InChI=1S/C3H9N2O5P/c1-5(4-6)2-3-10-11(7,8)9/h2-3H2,1H3,(H2,7,8,9). The normalized spacial score (nSPS) is 11.2. The van der Waals surface area contributed by atoms with E-state index in [0.717, 1.165) is 5.01 Å². The number of nitrogens with zero attached hydrogens (tertiary/aromatic N) is 2. The van der Waals surface area contributed by atoms with Crippen molar-refractivity contribution in [3.05, 3.63) is 4.91 Å². The zero-order valence-electron chi connectivity index (χ0n) is 5.88. The minimum Gasteiger partial charge on any atom is -0.303 e. The van der Waals surface area contributed by atoms with Crippen molar-refractivity contribution in [2.45, 2.75) is 0 Å². The van der Waals surface area contributed by atoms with Gasteiger partial charge in [0.05, 0.1) is 18.4 Å². The molecule has 0 aromatic heterocycles. The first-order chi connectivity index (χ1) is 4.95. The molecule has 0 fully saturated rings. The van der Waals surface area contributed by atoms with Gasteiger partial charge in [-0.05, 0) is 0 Å². The highest BCUT2D eigenvalue weighted by Gasteiger charge is 2.13. The summed E-state index contributed by atoms with van der Waals surface area (Å²) in [5, 5.41) is 3.43. The smallest absolute Gasteiger partial charge is 0.303 e. The molecule has 0 aliphatic rings. The number of phosphoric acid groups is 1. The zero-order valence-corrected chi connectivity index (χ0v) is 6.77. The van der Waals surface area contributed by atoms with Gasteiger partial charge in [0.1, 0.15) is 0 Å². The molecule has 0 rings (SSSR count). The molecule has 7 nitrogen and oxygen atoms in total. The summed E-state index contributed by atoms with van der Waals surface area (Å²) in [6, 6.07) is 0. The van der Waals surface area contributed by atoms with Crippen LogP contribution in [0.3, 0.4) is 0 Å². The summed E-state index contributed by atoms with van der Waals surface area (Å²) in [4.78, 5) is 26.0. The molecule has 0 atom stereocenters. The van der Waals surface area contributed by atoms with E-state index in [1.54, 1.807) is 0 Å². The van der Waals surface area contributed by atoms with Crippen molar-refractivity contribution in [1.29, 1.82) is 0 Å². The third-order valence-corrected chi connectivity index (χ3v) is 1.33. The van der Waals surface area contributed by atoms with E-state index in [9.17, 15) is 9.47 Å². The molecule has 0 aromatic carbocycles. The van der Waals surface area contributed by atoms with Crippen molar-refractivity contribution < 1.29 is 18.9 Å². The van der Waals surface area contributed by atoms with Gasteiger partial charge >= 0.3 is 7.82 Å². The first-order valence-electron chi connectivity index (χ1n) is 2.70. The molecule has 0 amide bonds. The van der Waals surface area contributed by atoms with Crippen LogP contribution in [-0.4, -0.2) is 35.0 Å². The average Bonchev–Trinajstić information content (AvgIpc) is 1.85. The van der Waals surface area contributed by atoms with Gasteiger partial charge in [0.25, 0.3) is 0 Å². The summed E-state index contributed by atoms with van der Waals surface area (Å²) < 4.78 is 14.1. The lowest BCUT2D eigenvalue weighted by Crippen LogP contribution is -2.15. The summed E-state index contributed by atoms with van der Waals surface area (Å²) in [5.41, 5.74) is 0. The monoisotopic (exact) mass is 184 g/mol. The summed E-state index contributed by atoms with van der Waals surface area (Å²) in [7, 11) is -3.03. The lowest BCUT2D eigenvalue weighted by Gasteiger charge is -2.08. The van der Waals surface area contributed by atoms with Crippen LogP contribution in [0.5, 0.6) is 0 Å². The Bertz CT molecular complexity index is 167. The van der Waals surface area contributed by atoms with Gasteiger partial charge in [0.2, 0.25) is 0 Å². The lowest BCUT2D eigenvalue weighted by atomic mass is 10.7. The summed E-state index contributed by atoms with van der Waals surface area (Å²) in [5.74, 6) is 0. The maximum Gasteiger partial charge on any atom is 0.469 e. The molecule has 66 valence electrons. The Kier molecular flexibility index (Phi) is 4.20. The van der Waals surface area contributed by atoms with Crippen molar-refractivity contribution in [1.82, 2.24) is 5.01 Å². The van der Waals surface area contributed by atoms with Crippen molar-refractivity contribution in [3.8, 4) is 0 Å².